The minimum Gasteiger partial charge on any atom is -0.493 e. The van der Waals surface area contributed by atoms with Crippen molar-refractivity contribution in [3.63, 3.8) is 0 Å². The van der Waals surface area contributed by atoms with Crippen LogP contribution in [0.25, 0.3) is 0 Å². The maximum absolute atomic E-state index is 6.23. The normalized spacial score (nSPS) is 10.7. The van der Waals surface area contributed by atoms with Gasteiger partial charge in [0.1, 0.15) is 6.61 Å². The molecule has 0 saturated heterocycles. The third-order valence-corrected chi connectivity index (χ3v) is 5.35. The zero-order valence-electron chi connectivity index (χ0n) is 15.3. The first-order valence-corrected chi connectivity index (χ1v) is 10.3. The fourth-order valence-electron chi connectivity index (χ4n) is 2.75. The lowest BCUT2D eigenvalue weighted by atomic mass is 10.2. The number of halogens is 3. The van der Waals surface area contributed by atoms with Crippen LogP contribution in [-0.4, -0.2) is 7.11 Å². The molecular weight excluding hydrogens is 461 g/mol. The summed E-state index contributed by atoms with van der Waals surface area (Å²) in [6.07, 6.45) is 0. The van der Waals surface area contributed by atoms with E-state index in [4.69, 9.17) is 32.7 Å². The Balaban J connectivity index is 1.67. The minimum absolute atomic E-state index is 0.316. The van der Waals surface area contributed by atoms with E-state index in [0.717, 1.165) is 22.1 Å². The summed E-state index contributed by atoms with van der Waals surface area (Å²) in [5, 5.41) is 4.61. The largest absolute Gasteiger partial charge is 0.493 e. The van der Waals surface area contributed by atoms with Gasteiger partial charge in [0.25, 0.3) is 0 Å². The van der Waals surface area contributed by atoms with Crippen molar-refractivity contribution in [1.82, 2.24) is 5.32 Å². The highest BCUT2D eigenvalue weighted by Crippen LogP contribution is 2.37. The first-order chi connectivity index (χ1) is 13.6. The average Bonchev–Trinajstić information content (AvgIpc) is 2.69. The van der Waals surface area contributed by atoms with Gasteiger partial charge in [0.15, 0.2) is 11.5 Å². The first-order valence-electron chi connectivity index (χ1n) is 8.74. The number of ether oxygens (including phenoxy) is 2. The zero-order chi connectivity index (χ0) is 19.9. The van der Waals surface area contributed by atoms with Crippen molar-refractivity contribution in [2.45, 2.75) is 19.7 Å². The van der Waals surface area contributed by atoms with Gasteiger partial charge in [-0.3, -0.25) is 0 Å². The molecule has 0 aliphatic carbocycles. The molecule has 28 heavy (non-hydrogen) atoms. The Morgan fingerprint density at radius 3 is 2.39 bits per heavy atom. The Labute approximate surface area is 183 Å². The highest BCUT2D eigenvalue weighted by molar-refractivity contribution is 9.10. The third-order valence-electron chi connectivity index (χ3n) is 4.18. The van der Waals surface area contributed by atoms with Crippen LogP contribution in [0, 0.1) is 0 Å². The molecule has 1 N–H and O–H groups in total. The van der Waals surface area contributed by atoms with Crippen molar-refractivity contribution in [2.75, 3.05) is 7.11 Å². The van der Waals surface area contributed by atoms with Gasteiger partial charge in [0.05, 0.1) is 11.6 Å². The van der Waals surface area contributed by atoms with E-state index >= 15 is 0 Å². The fourth-order valence-corrected chi connectivity index (χ4v) is 3.82. The van der Waals surface area contributed by atoms with Crippen LogP contribution in [-0.2, 0) is 19.7 Å². The molecule has 0 amide bonds. The summed E-state index contributed by atoms with van der Waals surface area (Å²) >= 11 is 15.8. The number of methoxy groups -OCH3 is 1. The van der Waals surface area contributed by atoms with Crippen molar-refractivity contribution in [1.29, 1.82) is 0 Å². The Morgan fingerprint density at radius 2 is 1.68 bits per heavy atom. The molecule has 0 radical (unpaired) electrons. The summed E-state index contributed by atoms with van der Waals surface area (Å²) in [5.74, 6) is 1.30. The van der Waals surface area contributed by atoms with Crippen LogP contribution >= 0.6 is 39.1 Å². The second-order valence-electron chi connectivity index (χ2n) is 6.22. The molecule has 0 spiro atoms. The maximum Gasteiger partial charge on any atom is 0.175 e. The maximum atomic E-state index is 6.23. The van der Waals surface area contributed by atoms with Crippen molar-refractivity contribution in [2.24, 2.45) is 0 Å². The molecule has 0 aliphatic rings. The van der Waals surface area contributed by atoms with Crippen LogP contribution in [0.5, 0.6) is 11.5 Å². The molecule has 0 atom stereocenters. The van der Waals surface area contributed by atoms with Crippen LogP contribution in [0.3, 0.4) is 0 Å². The van der Waals surface area contributed by atoms with Gasteiger partial charge in [-0.1, -0.05) is 59.6 Å². The topological polar surface area (TPSA) is 30.5 Å². The van der Waals surface area contributed by atoms with Gasteiger partial charge in [-0.2, -0.15) is 0 Å². The fraction of sp³-hybridized carbons (Fsp3) is 0.182. The molecule has 0 bridgehead atoms. The van der Waals surface area contributed by atoms with E-state index in [0.29, 0.717) is 34.7 Å². The molecule has 0 fully saturated rings. The van der Waals surface area contributed by atoms with E-state index < -0.39 is 0 Å². The second-order valence-corrected chi connectivity index (χ2v) is 7.92. The van der Waals surface area contributed by atoms with Gasteiger partial charge >= 0.3 is 0 Å². The predicted molar refractivity (Wildman–Crippen MR) is 118 cm³/mol. The Bertz CT molecular complexity index is 935. The van der Waals surface area contributed by atoms with Gasteiger partial charge in [-0.05, 0) is 51.3 Å². The number of benzene rings is 3. The Kier molecular flexibility index (Phi) is 7.63. The lowest BCUT2D eigenvalue weighted by Gasteiger charge is -2.15. The summed E-state index contributed by atoms with van der Waals surface area (Å²) in [7, 11) is 1.63. The molecule has 0 aliphatic heterocycles. The third kappa shape index (κ3) is 5.65. The van der Waals surface area contributed by atoms with Gasteiger partial charge < -0.3 is 14.8 Å². The van der Waals surface area contributed by atoms with E-state index in [2.05, 4.69) is 33.4 Å². The quantitative estimate of drug-likeness (QED) is 0.392. The van der Waals surface area contributed by atoms with Crippen LogP contribution in [0.1, 0.15) is 16.7 Å². The minimum atomic E-state index is 0.316. The smallest absolute Gasteiger partial charge is 0.175 e. The van der Waals surface area contributed by atoms with Crippen LogP contribution in [0.4, 0.5) is 0 Å². The predicted octanol–water partition coefficient (Wildman–Crippen LogP) is 6.63. The number of rotatable bonds is 8. The van der Waals surface area contributed by atoms with Crippen LogP contribution in [0.2, 0.25) is 10.0 Å². The number of hydrogen-bond donors (Lipinski definition) is 1. The Hall–Kier alpha value is -1.72. The van der Waals surface area contributed by atoms with Gasteiger partial charge in [0, 0.05) is 28.7 Å². The van der Waals surface area contributed by atoms with Crippen molar-refractivity contribution < 1.29 is 9.47 Å². The van der Waals surface area contributed by atoms with Crippen molar-refractivity contribution >= 4 is 39.1 Å². The molecule has 3 rings (SSSR count). The summed E-state index contributed by atoms with van der Waals surface area (Å²) in [6.45, 7) is 1.83. The van der Waals surface area contributed by atoms with E-state index in [1.807, 2.05) is 36.4 Å². The van der Waals surface area contributed by atoms with Crippen LogP contribution in [0.15, 0.2) is 65.1 Å². The first kappa shape index (κ1) is 21.0. The monoisotopic (exact) mass is 479 g/mol. The molecule has 0 aromatic heterocycles. The van der Waals surface area contributed by atoms with Gasteiger partial charge in [0.2, 0.25) is 0 Å². The zero-order valence-corrected chi connectivity index (χ0v) is 18.4. The van der Waals surface area contributed by atoms with Gasteiger partial charge in [-0.15, -0.1) is 0 Å². The van der Waals surface area contributed by atoms with E-state index in [1.54, 1.807) is 19.2 Å². The standard InChI is InChI=1S/C22H20BrCl2NO2/c1-27-21-10-16(13-26-12-15-5-3-2-4-6-15)9-19(23)22(21)28-14-17-7-8-18(24)11-20(17)25/h2-11,26H,12-14H2,1H3. The van der Waals surface area contributed by atoms with E-state index in [9.17, 15) is 0 Å². The summed E-state index contributed by atoms with van der Waals surface area (Å²) in [4.78, 5) is 0. The summed E-state index contributed by atoms with van der Waals surface area (Å²) < 4.78 is 12.3. The highest BCUT2D eigenvalue weighted by atomic mass is 79.9. The second kappa shape index (κ2) is 10.2. The average molecular weight is 481 g/mol. The SMILES string of the molecule is COc1cc(CNCc2ccccc2)cc(Br)c1OCc1ccc(Cl)cc1Cl. The van der Waals surface area contributed by atoms with E-state index in [-0.39, 0.29) is 0 Å². The van der Waals surface area contributed by atoms with Gasteiger partial charge in [-0.25, -0.2) is 0 Å². The highest BCUT2D eigenvalue weighted by Gasteiger charge is 2.13. The molecule has 3 aromatic rings. The number of nitrogens with one attached hydrogen (secondary N) is 1. The molecule has 6 heteroatoms. The molecule has 3 nitrogen and oxygen atoms in total. The van der Waals surface area contributed by atoms with Crippen molar-refractivity contribution in [3.05, 3.63) is 91.9 Å². The molecule has 0 heterocycles. The molecule has 3 aromatic carbocycles. The van der Waals surface area contributed by atoms with E-state index in [1.165, 1.54) is 5.56 Å². The summed E-state index contributed by atoms with van der Waals surface area (Å²) in [6, 6.07) is 19.6. The molecule has 146 valence electrons. The molecule has 0 saturated carbocycles. The Morgan fingerprint density at radius 1 is 0.929 bits per heavy atom. The lowest BCUT2D eigenvalue weighted by Crippen LogP contribution is -2.12. The van der Waals surface area contributed by atoms with Crippen molar-refractivity contribution in [3.8, 4) is 11.5 Å². The lowest BCUT2D eigenvalue weighted by molar-refractivity contribution is 0.282. The molecule has 0 unspecified atom stereocenters. The summed E-state index contributed by atoms with van der Waals surface area (Å²) in [5.41, 5.74) is 3.19. The molecular formula is C22H20BrCl2NO2. The van der Waals surface area contributed by atoms with Crippen LogP contribution < -0.4 is 14.8 Å². The number of hydrogen-bond acceptors (Lipinski definition) is 3.